The Bertz CT molecular complexity index is 1270. The van der Waals surface area contributed by atoms with Gasteiger partial charge in [-0.25, -0.2) is 9.97 Å². The Kier molecular flexibility index (Phi) is 7.66. The minimum absolute atomic E-state index is 0.162. The number of amides is 1. The van der Waals surface area contributed by atoms with Gasteiger partial charge in [-0.05, 0) is 61.6 Å². The van der Waals surface area contributed by atoms with Gasteiger partial charge in [0.1, 0.15) is 11.6 Å². The van der Waals surface area contributed by atoms with E-state index in [4.69, 9.17) is 0 Å². The summed E-state index contributed by atoms with van der Waals surface area (Å²) in [6.45, 7) is 6.78. The standard InChI is InChI=1S/C29H35F3N6O/c1-21(2)28(10-8-23(19-28)35-20-24-6-5-13-38(24)25-7-3-4-11-33-25)27(39)37-16-14-36(15-17-37)26-18-22(9-12-34-26)29(30,31)32/h3-7,9,11-13,18,21,23,35H,8,10,14-17,19-20H2,1-2H3/t23-,28+/m1/s1. The third-order valence-electron chi connectivity index (χ3n) is 8.35. The average Bonchev–Trinajstić information content (AvgIpc) is 3.60. The number of aromatic nitrogens is 3. The van der Waals surface area contributed by atoms with Gasteiger partial charge in [0.25, 0.3) is 0 Å². The van der Waals surface area contributed by atoms with Crippen LogP contribution in [0.1, 0.15) is 44.4 Å². The second-order valence-electron chi connectivity index (χ2n) is 10.9. The van der Waals surface area contributed by atoms with Gasteiger partial charge in [-0.1, -0.05) is 19.9 Å². The first-order chi connectivity index (χ1) is 18.7. The molecule has 10 heteroatoms. The summed E-state index contributed by atoms with van der Waals surface area (Å²) in [5.74, 6) is 1.51. The fraction of sp³-hybridized carbons (Fsp3) is 0.483. The molecule has 1 amide bonds. The van der Waals surface area contributed by atoms with Crippen LogP contribution in [0, 0.1) is 11.3 Å². The van der Waals surface area contributed by atoms with Crippen molar-refractivity contribution in [3.63, 3.8) is 0 Å². The number of nitrogens with one attached hydrogen (secondary N) is 1. The van der Waals surface area contributed by atoms with E-state index in [-0.39, 0.29) is 17.9 Å². The van der Waals surface area contributed by atoms with E-state index in [1.54, 1.807) is 6.20 Å². The summed E-state index contributed by atoms with van der Waals surface area (Å²) in [6, 6.07) is 12.2. The average molecular weight is 541 g/mol. The lowest BCUT2D eigenvalue weighted by Gasteiger charge is -2.42. The highest BCUT2D eigenvalue weighted by atomic mass is 19.4. The van der Waals surface area contributed by atoms with E-state index in [2.05, 4.69) is 39.8 Å². The zero-order valence-electron chi connectivity index (χ0n) is 22.4. The summed E-state index contributed by atoms with van der Waals surface area (Å²) >= 11 is 0. The lowest BCUT2D eigenvalue weighted by atomic mass is 9.74. The fourth-order valence-electron chi connectivity index (χ4n) is 5.97. The summed E-state index contributed by atoms with van der Waals surface area (Å²) < 4.78 is 41.5. The van der Waals surface area contributed by atoms with Gasteiger partial charge in [-0.3, -0.25) is 4.79 Å². The van der Waals surface area contributed by atoms with Crippen molar-refractivity contribution in [2.24, 2.45) is 11.3 Å². The van der Waals surface area contributed by atoms with Gasteiger partial charge in [0.2, 0.25) is 5.91 Å². The smallest absolute Gasteiger partial charge is 0.353 e. The molecule has 3 aromatic heterocycles. The number of carbonyl (C=O) groups excluding carboxylic acids is 1. The fourth-order valence-corrected chi connectivity index (χ4v) is 5.97. The molecule has 2 aliphatic rings. The molecule has 208 valence electrons. The van der Waals surface area contributed by atoms with Crippen LogP contribution in [0.4, 0.5) is 19.0 Å². The molecule has 3 aromatic rings. The summed E-state index contributed by atoms with van der Waals surface area (Å²) in [6.07, 6.45) is 3.08. The van der Waals surface area contributed by atoms with Crippen molar-refractivity contribution in [1.82, 2.24) is 24.8 Å². The third-order valence-corrected chi connectivity index (χ3v) is 8.35. The number of alkyl halides is 3. The van der Waals surface area contributed by atoms with Crippen molar-refractivity contribution in [2.75, 3.05) is 31.1 Å². The Morgan fingerprint density at radius 3 is 2.51 bits per heavy atom. The van der Waals surface area contributed by atoms with Gasteiger partial charge in [-0.15, -0.1) is 0 Å². The second-order valence-corrected chi connectivity index (χ2v) is 10.9. The van der Waals surface area contributed by atoms with Crippen LogP contribution in [0.25, 0.3) is 5.82 Å². The van der Waals surface area contributed by atoms with Crippen LogP contribution in [0.5, 0.6) is 0 Å². The van der Waals surface area contributed by atoms with E-state index < -0.39 is 17.2 Å². The number of pyridine rings is 2. The van der Waals surface area contributed by atoms with Crippen LogP contribution < -0.4 is 10.2 Å². The largest absolute Gasteiger partial charge is 0.416 e. The van der Waals surface area contributed by atoms with E-state index in [0.29, 0.717) is 38.5 Å². The van der Waals surface area contributed by atoms with E-state index in [9.17, 15) is 18.0 Å². The molecule has 5 rings (SSSR count). The number of hydrogen-bond acceptors (Lipinski definition) is 5. The quantitative estimate of drug-likeness (QED) is 0.461. The van der Waals surface area contributed by atoms with Crippen molar-refractivity contribution < 1.29 is 18.0 Å². The van der Waals surface area contributed by atoms with Gasteiger partial charge in [0, 0.05) is 63.1 Å². The normalized spacial score (nSPS) is 22.1. The number of piperazine rings is 1. The molecule has 0 unspecified atom stereocenters. The number of hydrogen-bond donors (Lipinski definition) is 1. The topological polar surface area (TPSA) is 66.3 Å². The number of halogens is 3. The SMILES string of the molecule is CC(C)[C@]1(C(=O)N2CCN(c3cc(C(F)(F)F)ccn3)CC2)CC[C@@H](NCc2cccn2-c2ccccn2)C1. The maximum absolute atomic E-state index is 13.9. The Labute approximate surface area is 227 Å². The van der Waals surface area contributed by atoms with Gasteiger partial charge < -0.3 is 19.7 Å². The molecular weight excluding hydrogens is 505 g/mol. The Morgan fingerprint density at radius 2 is 1.82 bits per heavy atom. The van der Waals surface area contributed by atoms with E-state index in [1.165, 1.54) is 6.20 Å². The highest BCUT2D eigenvalue weighted by Gasteiger charge is 2.49. The van der Waals surface area contributed by atoms with E-state index in [1.807, 2.05) is 40.3 Å². The number of carbonyl (C=O) groups is 1. The maximum Gasteiger partial charge on any atom is 0.416 e. The van der Waals surface area contributed by atoms with Crippen molar-refractivity contribution >= 4 is 11.7 Å². The van der Waals surface area contributed by atoms with Gasteiger partial charge in [0.15, 0.2) is 0 Å². The molecule has 1 saturated heterocycles. The molecule has 1 aliphatic carbocycles. The summed E-state index contributed by atoms with van der Waals surface area (Å²) in [5, 5.41) is 3.68. The molecule has 1 N–H and O–H groups in total. The van der Waals surface area contributed by atoms with Crippen molar-refractivity contribution in [3.05, 3.63) is 72.3 Å². The number of anilines is 1. The van der Waals surface area contributed by atoms with Crippen LogP contribution in [0.2, 0.25) is 0 Å². The van der Waals surface area contributed by atoms with Crippen molar-refractivity contribution in [2.45, 2.75) is 51.9 Å². The Balaban J connectivity index is 1.20. The van der Waals surface area contributed by atoms with Crippen LogP contribution >= 0.6 is 0 Å². The highest BCUT2D eigenvalue weighted by Crippen LogP contribution is 2.46. The first-order valence-electron chi connectivity index (χ1n) is 13.6. The molecule has 0 bridgehead atoms. The molecule has 2 atom stereocenters. The summed E-state index contributed by atoms with van der Waals surface area (Å²) in [7, 11) is 0. The first kappa shape index (κ1) is 27.2. The lowest BCUT2D eigenvalue weighted by molar-refractivity contribution is -0.145. The molecule has 0 spiro atoms. The number of nitrogens with zero attached hydrogens (tertiary/aromatic N) is 5. The van der Waals surface area contributed by atoms with Gasteiger partial charge in [-0.2, -0.15) is 13.2 Å². The molecule has 4 heterocycles. The Morgan fingerprint density at radius 1 is 1.05 bits per heavy atom. The number of rotatable bonds is 7. The summed E-state index contributed by atoms with van der Waals surface area (Å²) in [4.78, 5) is 26.2. The molecule has 7 nitrogen and oxygen atoms in total. The molecule has 39 heavy (non-hydrogen) atoms. The van der Waals surface area contributed by atoms with Crippen LogP contribution in [0.3, 0.4) is 0 Å². The van der Waals surface area contributed by atoms with Crippen molar-refractivity contribution in [1.29, 1.82) is 0 Å². The van der Waals surface area contributed by atoms with Gasteiger partial charge in [0.05, 0.1) is 11.0 Å². The molecule has 1 saturated carbocycles. The van der Waals surface area contributed by atoms with Gasteiger partial charge >= 0.3 is 6.18 Å². The predicted octanol–water partition coefficient (Wildman–Crippen LogP) is 4.92. The van der Waals surface area contributed by atoms with Crippen LogP contribution in [-0.2, 0) is 17.5 Å². The zero-order valence-corrected chi connectivity index (χ0v) is 22.4. The van der Waals surface area contributed by atoms with E-state index >= 15 is 0 Å². The van der Waals surface area contributed by atoms with Crippen LogP contribution in [0.15, 0.2) is 61.1 Å². The maximum atomic E-state index is 13.9. The minimum atomic E-state index is -4.41. The van der Waals surface area contributed by atoms with Crippen LogP contribution in [-0.4, -0.2) is 57.6 Å². The molecule has 0 aromatic carbocycles. The van der Waals surface area contributed by atoms with E-state index in [0.717, 1.165) is 42.9 Å². The molecule has 0 radical (unpaired) electrons. The Hall–Kier alpha value is -3.40. The second kappa shape index (κ2) is 11.0. The van der Waals surface area contributed by atoms with Crippen molar-refractivity contribution in [3.8, 4) is 5.82 Å². The highest BCUT2D eigenvalue weighted by molar-refractivity contribution is 5.84. The monoisotopic (exact) mass is 540 g/mol. The molecule has 1 aliphatic heterocycles. The summed E-state index contributed by atoms with van der Waals surface area (Å²) in [5.41, 5.74) is -0.0416. The first-order valence-corrected chi connectivity index (χ1v) is 13.6. The zero-order chi connectivity index (χ0) is 27.6. The predicted molar refractivity (Wildman–Crippen MR) is 143 cm³/mol. The molecule has 2 fully saturated rings. The molecular formula is C29H35F3N6O. The lowest BCUT2D eigenvalue weighted by Crippen LogP contribution is -2.54. The third kappa shape index (κ3) is 5.66. The minimum Gasteiger partial charge on any atom is -0.353 e.